The van der Waals surface area contributed by atoms with Gasteiger partial charge in [0, 0.05) is 45.6 Å². The summed E-state index contributed by atoms with van der Waals surface area (Å²) < 4.78 is 1.80. The molecule has 134 valence electrons. The molecular weight excluding hydrogens is 316 g/mol. The summed E-state index contributed by atoms with van der Waals surface area (Å²) in [4.78, 5) is 25.6. The summed E-state index contributed by atoms with van der Waals surface area (Å²) in [5.74, 6) is 1.60. The Balaban J connectivity index is 1.51. The monoisotopic (exact) mass is 342 g/mol. The molecule has 0 bridgehead atoms. The van der Waals surface area contributed by atoms with E-state index < -0.39 is 0 Å². The van der Waals surface area contributed by atoms with Crippen molar-refractivity contribution in [1.82, 2.24) is 24.6 Å². The Kier molecular flexibility index (Phi) is 4.09. The molecule has 2 aromatic heterocycles. The quantitative estimate of drug-likeness (QED) is 0.849. The second-order valence-electron chi connectivity index (χ2n) is 7.54. The normalized spacial score (nSPS) is 21.6. The number of nitrogens with zero attached hydrogens (tertiary/aromatic N) is 6. The van der Waals surface area contributed by atoms with E-state index in [1.54, 1.807) is 11.0 Å². The third-order valence-corrected chi connectivity index (χ3v) is 5.67. The summed E-state index contributed by atoms with van der Waals surface area (Å²) in [5.41, 5.74) is 1.79. The molecule has 0 aromatic carbocycles. The van der Waals surface area contributed by atoms with Gasteiger partial charge in [-0.1, -0.05) is 12.8 Å². The molecule has 4 rings (SSSR count). The molecule has 2 aliphatic rings. The SMILES string of the molecule is Cc1nn(C)c2ncnc(N(C)C[C@H]3CC(=O)N(C4CCCC4)C3)c12. The number of aromatic nitrogens is 4. The van der Waals surface area contributed by atoms with E-state index in [4.69, 9.17) is 0 Å². The number of fused-ring (bicyclic) bond motifs is 1. The molecule has 1 atom stereocenters. The summed E-state index contributed by atoms with van der Waals surface area (Å²) in [6.07, 6.45) is 7.13. The topological polar surface area (TPSA) is 67.2 Å². The van der Waals surface area contributed by atoms with Crippen LogP contribution in [0.2, 0.25) is 0 Å². The van der Waals surface area contributed by atoms with Gasteiger partial charge in [0.1, 0.15) is 12.1 Å². The molecule has 7 heteroatoms. The molecule has 0 radical (unpaired) electrons. The molecule has 0 N–H and O–H groups in total. The number of aryl methyl sites for hydroxylation is 2. The van der Waals surface area contributed by atoms with Gasteiger partial charge in [0.2, 0.25) is 5.91 Å². The Morgan fingerprint density at radius 1 is 1.28 bits per heavy atom. The highest BCUT2D eigenvalue weighted by atomic mass is 16.2. The smallest absolute Gasteiger partial charge is 0.223 e. The van der Waals surface area contributed by atoms with Gasteiger partial charge in [-0.25, -0.2) is 9.97 Å². The van der Waals surface area contributed by atoms with Crippen molar-refractivity contribution in [3.63, 3.8) is 0 Å². The van der Waals surface area contributed by atoms with Crippen molar-refractivity contribution in [3.8, 4) is 0 Å². The van der Waals surface area contributed by atoms with Gasteiger partial charge >= 0.3 is 0 Å². The number of likely N-dealkylation sites (tertiary alicyclic amines) is 1. The highest BCUT2D eigenvalue weighted by Crippen LogP contribution is 2.31. The van der Waals surface area contributed by atoms with Gasteiger partial charge in [-0.15, -0.1) is 0 Å². The highest BCUT2D eigenvalue weighted by Gasteiger charge is 2.36. The van der Waals surface area contributed by atoms with Gasteiger partial charge in [-0.05, 0) is 19.8 Å². The number of anilines is 1. The molecule has 1 saturated heterocycles. The van der Waals surface area contributed by atoms with E-state index in [-0.39, 0.29) is 0 Å². The molecule has 1 aliphatic heterocycles. The maximum atomic E-state index is 12.4. The van der Waals surface area contributed by atoms with Crippen molar-refractivity contribution in [3.05, 3.63) is 12.0 Å². The van der Waals surface area contributed by atoms with E-state index in [0.717, 1.165) is 35.6 Å². The molecule has 1 amide bonds. The summed E-state index contributed by atoms with van der Waals surface area (Å²) in [6, 6.07) is 0.481. The summed E-state index contributed by atoms with van der Waals surface area (Å²) in [5, 5.41) is 5.47. The number of hydrogen-bond acceptors (Lipinski definition) is 5. The lowest BCUT2D eigenvalue weighted by atomic mass is 10.1. The lowest BCUT2D eigenvalue weighted by Crippen LogP contribution is -2.35. The van der Waals surface area contributed by atoms with Crippen LogP contribution < -0.4 is 4.90 Å². The lowest BCUT2D eigenvalue weighted by Gasteiger charge is -2.26. The molecule has 25 heavy (non-hydrogen) atoms. The van der Waals surface area contributed by atoms with Gasteiger partial charge in [0.15, 0.2) is 5.65 Å². The van der Waals surface area contributed by atoms with E-state index >= 15 is 0 Å². The van der Waals surface area contributed by atoms with Gasteiger partial charge in [0.05, 0.1) is 11.1 Å². The molecular formula is C18H26N6O. The Morgan fingerprint density at radius 3 is 2.80 bits per heavy atom. The Morgan fingerprint density at radius 2 is 2.04 bits per heavy atom. The van der Waals surface area contributed by atoms with Crippen LogP contribution in [0.3, 0.4) is 0 Å². The largest absolute Gasteiger partial charge is 0.359 e. The van der Waals surface area contributed by atoms with Crippen LogP contribution in [-0.4, -0.2) is 56.7 Å². The lowest BCUT2D eigenvalue weighted by molar-refractivity contribution is -0.129. The van der Waals surface area contributed by atoms with Gasteiger partial charge in [-0.3, -0.25) is 9.48 Å². The highest BCUT2D eigenvalue weighted by molar-refractivity contribution is 5.89. The zero-order valence-corrected chi connectivity index (χ0v) is 15.3. The first-order chi connectivity index (χ1) is 12.0. The molecule has 7 nitrogen and oxygen atoms in total. The molecule has 3 heterocycles. The zero-order valence-electron chi connectivity index (χ0n) is 15.3. The van der Waals surface area contributed by atoms with E-state index in [1.165, 1.54) is 25.7 Å². The number of rotatable bonds is 4. The average Bonchev–Trinajstić information content (AvgIpc) is 3.28. The van der Waals surface area contributed by atoms with Crippen LogP contribution in [-0.2, 0) is 11.8 Å². The first kappa shape index (κ1) is 16.3. The van der Waals surface area contributed by atoms with Crippen molar-refractivity contribution in [1.29, 1.82) is 0 Å². The van der Waals surface area contributed by atoms with Crippen molar-refractivity contribution >= 4 is 22.8 Å². The molecule has 2 fully saturated rings. The van der Waals surface area contributed by atoms with Crippen LogP contribution in [0.25, 0.3) is 11.0 Å². The summed E-state index contributed by atoms with van der Waals surface area (Å²) in [7, 11) is 3.96. The fourth-order valence-electron chi connectivity index (χ4n) is 4.52. The number of carbonyl (C=O) groups is 1. The first-order valence-electron chi connectivity index (χ1n) is 9.19. The van der Waals surface area contributed by atoms with Crippen LogP contribution >= 0.6 is 0 Å². The second-order valence-corrected chi connectivity index (χ2v) is 7.54. The fraction of sp³-hybridized carbons (Fsp3) is 0.667. The predicted octanol–water partition coefficient (Wildman–Crippen LogP) is 1.90. The van der Waals surface area contributed by atoms with Gasteiger partial charge in [-0.2, -0.15) is 5.10 Å². The van der Waals surface area contributed by atoms with E-state index in [9.17, 15) is 4.79 Å². The summed E-state index contributed by atoms with van der Waals surface area (Å²) >= 11 is 0. The fourth-order valence-corrected chi connectivity index (χ4v) is 4.52. The predicted molar refractivity (Wildman–Crippen MR) is 96.4 cm³/mol. The van der Waals surface area contributed by atoms with Crippen LogP contribution in [0.1, 0.15) is 37.8 Å². The average molecular weight is 342 g/mol. The number of hydrogen-bond donors (Lipinski definition) is 0. The van der Waals surface area contributed by atoms with E-state index in [2.05, 4.69) is 31.9 Å². The molecule has 0 spiro atoms. The van der Waals surface area contributed by atoms with Crippen LogP contribution in [0.15, 0.2) is 6.33 Å². The Hall–Kier alpha value is -2.18. The van der Waals surface area contributed by atoms with Crippen molar-refractivity contribution in [2.75, 3.05) is 25.0 Å². The van der Waals surface area contributed by atoms with Crippen molar-refractivity contribution in [2.45, 2.75) is 45.1 Å². The molecule has 0 unspecified atom stereocenters. The maximum Gasteiger partial charge on any atom is 0.223 e. The van der Waals surface area contributed by atoms with Crippen molar-refractivity contribution < 1.29 is 4.79 Å². The minimum Gasteiger partial charge on any atom is -0.359 e. The van der Waals surface area contributed by atoms with Crippen LogP contribution in [0.5, 0.6) is 0 Å². The minimum atomic E-state index is 0.329. The van der Waals surface area contributed by atoms with Crippen LogP contribution in [0.4, 0.5) is 5.82 Å². The van der Waals surface area contributed by atoms with Gasteiger partial charge < -0.3 is 9.80 Å². The second kappa shape index (κ2) is 6.28. The van der Waals surface area contributed by atoms with Crippen LogP contribution in [0, 0.1) is 12.8 Å². The summed E-state index contributed by atoms with van der Waals surface area (Å²) in [6.45, 7) is 3.70. The Labute approximate surface area is 148 Å². The van der Waals surface area contributed by atoms with Gasteiger partial charge in [0.25, 0.3) is 0 Å². The first-order valence-corrected chi connectivity index (χ1v) is 9.19. The zero-order chi connectivity index (χ0) is 17.6. The molecule has 1 saturated carbocycles. The third-order valence-electron chi connectivity index (χ3n) is 5.67. The molecule has 2 aromatic rings. The minimum absolute atomic E-state index is 0.329. The Bertz CT molecular complexity index is 794. The van der Waals surface area contributed by atoms with E-state index in [0.29, 0.717) is 24.3 Å². The van der Waals surface area contributed by atoms with E-state index in [1.807, 2.05) is 14.0 Å². The number of amides is 1. The molecule has 1 aliphatic carbocycles. The van der Waals surface area contributed by atoms with Crippen molar-refractivity contribution in [2.24, 2.45) is 13.0 Å². The standard InChI is InChI=1S/C18H26N6O/c1-12-16-17(19-11-20-18(16)23(3)21-12)22(2)9-13-8-15(25)24(10-13)14-6-4-5-7-14/h11,13-14H,4-10H2,1-3H3/t13-/m1/s1. The maximum absolute atomic E-state index is 12.4. The third kappa shape index (κ3) is 2.85. The number of carbonyl (C=O) groups excluding carboxylic acids is 1.